The largest absolute Gasteiger partial charge is 0.133 e. The van der Waals surface area contributed by atoms with Gasteiger partial charge in [0.25, 0.3) is 0 Å². The Morgan fingerprint density at radius 2 is 0.517 bits per heavy atom. The van der Waals surface area contributed by atoms with Gasteiger partial charge in [-0.25, -0.2) is 0 Å². The van der Waals surface area contributed by atoms with E-state index in [4.69, 9.17) is 0 Å². The number of benzene rings is 6. The van der Waals surface area contributed by atoms with Gasteiger partial charge in [-0.05, 0) is 92.0 Å². The fourth-order valence-corrected chi connectivity index (χ4v) is 16.3. The van der Waals surface area contributed by atoms with E-state index in [2.05, 4.69) is 182 Å². The van der Waals surface area contributed by atoms with Crippen LogP contribution < -0.4 is 0 Å². The van der Waals surface area contributed by atoms with Crippen molar-refractivity contribution in [2.45, 2.75) is 0 Å². The van der Waals surface area contributed by atoms with Gasteiger partial charge in [-0.1, -0.05) is 146 Å². The SMILES string of the molecule is c1ccc(-c2cccc(-c3ccccc3-c3cc4sc5cc(-c6cc7sc8cc(-c9ccccc9-c9cccc(-c%10ccccc%10)c9)sc8c7s6)sc5c4s3)c2)cc1. The Morgan fingerprint density at radius 1 is 0.207 bits per heavy atom. The van der Waals surface area contributed by atoms with Crippen molar-refractivity contribution in [3.63, 3.8) is 0 Å². The molecule has 0 unspecified atom stereocenters. The van der Waals surface area contributed by atoms with Crippen LogP contribution in [0.3, 0.4) is 0 Å². The van der Waals surface area contributed by atoms with Crippen molar-refractivity contribution >= 4 is 106 Å². The minimum Gasteiger partial charge on any atom is -0.133 e. The number of hydrogen-bond donors (Lipinski definition) is 0. The van der Waals surface area contributed by atoms with Crippen molar-refractivity contribution in [3.05, 3.63) is 182 Å². The fourth-order valence-electron chi connectivity index (χ4n) is 8.07. The Kier molecular flexibility index (Phi) is 8.43. The summed E-state index contributed by atoms with van der Waals surface area (Å²) in [6, 6.07) is 66.7. The highest BCUT2D eigenvalue weighted by Crippen LogP contribution is 2.53. The summed E-state index contributed by atoms with van der Waals surface area (Å²) in [5.74, 6) is 0. The molecule has 0 amide bonds. The summed E-state index contributed by atoms with van der Waals surface area (Å²) in [7, 11) is 0. The predicted molar refractivity (Wildman–Crippen MR) is 262 cm³/mol. The molecule has 6 heterocycles. The molecule has 0 nitrogen and oxygen atoms in total. The van der Waals surface area contributed by atoms with E-state index < -0.39 is 0 Å². The van der Waals surface area contributed by atoms with Gasteiger partial charge in [-0.15, -0.1) is 68.0 Å². The van der Waals surface area contributed by atoms with E-state index >= 15 is 0 Å². The first-order chi connectivity index (χ1) is 28.7. The lowest BCUT2D eigenvalue weighted by atomic mass is 9.95. The quantitative estimate of drug-likeness (QED) is 0.150. The van der Waals surface area contributed by atoms with Gasteiger partial charge in [0.05, 0.1) is 18.8 Å². The minimum atomic E-state index is 1.24. The molecule has 0 aliphatic heterocycles. The summed E-state index contributed by atoms with van der Waals surface area (Å²) in [5, 5.41) is 0. The Bertz CT molecular complexity index is 3220. The second kappa shape index (κ2) is 14.1. The van der Waals surface area contributed by atoms with Gasteiger partial charge in [0.15, 0.2) is 0 Å². The third kappa shape index (κ3) is 5.94. The maximum absolute atomic E-state index is 2.44. The normalized spacial score (nSPS) is 11.8. The van der Waals surface area contributed by atoms with E-state index in [0.29, 0.717) is 0 Å². The lowest BCUT2D eigenvalue weighted by molar-refractivity contribution is 1.59. The molecule has 0 aliphatic rings. The highest BCUT2D eigenvalue weighted by atomic mass is 32.1. The number of rotatable bonds is 7. The highest BCUT2D eigenvalue weighted by molar-refractivity contribution is 7.42. The summed E-state index contributed by atoms with van der Waals surface area (Å²) in [6.45, 7) is 0. The van der Waals surface area contributed by atoms with Crippen molar-refractivity contribution in [1.29, 1.82) is 0 Å². The molecule has 58 heavy (non-hydrogen) atoms. The van der Waals surface area contributed by atoms with Crippen molar-refractivity contribution in [2.75, 3.05) is 0 Å². The third-order valence-electron chi connectivity index (χ3n) is 10.8. The molecule has 0 saturated carbocycles. The van der Waals surface area contributed by atoms with Crippen LogP contribution in [-0.4, -0.2) is 0 Å². The molecule has 0 aliphatic carbocycles. The molecular weight excluding hydrogens is 817 g/mol. The molecule has 274 valence electrons. The molecule has 0 fully saturated rings. The van der Waals surface area contributed by atoms with Gasteiger partial charge in [0.1, 0.15) is 0 Å². The van der Waals surface area contributed by atoms with Crippen LogP contribution in [0.4, 0.5) is 0 Å². The van der Waals surface area contributed by atoms with Crippen molar-refractivity contribution in [3.8, 4) is 75.1 Å². The molecule has 0 N–H and O–H groups in total. The molecule has 0 spiro atoms. The van der Waals surface area contributed by atoms with Crippen LogP contribution >= 0.6 is 68.0 Å². The summed E-state index contributed by atoms with van der Waals surface area (Å²) in [5.41, 5.74) is 12.6. The zero-order valence-corrected chi connectivity index (χ0v) is 35.7. The Labute approximate surface area is 359 Å². The van der Waals surface area contributed by atoms with Crippen LogP contribution in [-0.2, 0) is 0 Å². The second-order valence-corrected chi connectivity index (χ2v) is 20.8. The molecule has 12 rings (SSSR count). The Balaban J connectivity index is 0.873. The van der Waals surface area contributed by atoms with Crippen molar-refractivity contribution < 1.29 is 0 Å². The van der Waals surface area contributed by atoms with Gasteiger partial charge < -0.3 is 0 Å². The van der Waals surface area contributed by atoms with E-state index in [0.717, 1.165) is 0 Å². The van der Waals surface area contributed by atoms with Crippen LogP contribution in [0.1, 0.15) is 0 Å². The number of thiophene rings is 6. The fraction of sp³-hybridized carbons (Fsp3) is 0. The van der Waals surface area contributed by atoms with Crippen LogP contribution in [0.15, 0.2) is 182 Å². The predicted octanol–water partition coefficient (Wildman–Crippen LogP) is 18.3. The topological polar surface area (TPSA) is 0 Å². The average molecular weight is 847 g/mol. The molecule has 0 saturated heterocycles. The molecule has 12 aromatic rings. The molecule has 0 bridgehead atoms. The number of fused-ring (bicyclic) bond motifs is 6. The highest BCUT2D eigenvalue weighted by Gasteiger charge is 2.20. The molecule has 6 aromatic heterocycles. The smallest absolute Gasteiger partial charge is 0.0636 e. The van der Waals surface area contributed by atoms with Crippen LogP contribution in [0.5, 0.6) is 0 Å². The van der Waals surface area contributed by atoms with Crippen molar-refractivity contribution in [2.24, 2.45) is 0 Å². The second-order valence-electron chi connectivity index (χ2n) is 14.4. The standard InChI is InChI=1S/C52H30S6/c1-3-13-31(14-4-1)33-17-11-19-35(25-33)37-21-7-9-23-39(37)41-27-45-49(55-41)51-47(53-45)29-43(57-51)44-30-48-52(58-44)50-46(54-48)28-42(56-50)40-24-10-8-22-38(40)36-20-12-18-34(26-36)32-15-5-2-6-16-32/h1-30H. The molecule has 0 atom stereocenters. The van der Waals surface area contributed by atoms with Gasteiger partial charge >= 0.3 is 0 Å². The minimum absolute atomic E-state index is 1.24. The summed E-state index contributed by atoms with van der Waals surface area (Å²) in [6.07, 6.45) is 0. The summed E-state index contributed by atoms with van der Waals surface area (Å²) < 4.78 is 11.2. The van der Waals surface area contributed by atoms with Crippen LogP contribution in [0, 0.1) is 0 Å². The molecular formula is C52H30S6. The van der Waals surface area contributed by atoms with Gasteiger partial charge in [0.2, 0.25) is 0 Å². The van der Waals surface area contributed by atoms with E-state index in [1.165, 1.54) is 113 Å². The maximum Gasteiger partial charge on any atom is 0.0636 e. The lowest BCUT2D eigenvalue weighted by Gasteiger charge is -2.10. The lowest BCUT2D eigenvalue weighted by Crippen LogP contribution is -1.84. The molecule has 6 heteroatoms. The average Bonchev–Trinajstić information content (AvgIpc) is 4.14. The maximum atomic E-state index is 2.44. The summed E-state index contributed by atoms with van der Waals surface area (Å²) >= 11 is 11.7. The zero-order valence-electron chi connectivity index (χ0n) is 30.8. The Hall–Kier alpha value is -5.44. The van der Waals surface area contributed by atoms with E-state index in [-0.39, 0.29) is 0 Å². The van der Waals surface area contributed by atoms with E-state index in [1.807, 2.05) is 68.0 Å². The zero-order chi connectivity index (χ0) is 38.2. The van der Waals surface area contributed by atoms with Crippen LogP contribution in [0.2, 0.25) is 0 Å². The summed E-state index contributed by atoms with van der Waals surface area (Å²) in [4.78, 5) is 5.41. The van der Waals surface area contributed by atoms with E-state index in [1.54, 1.807) is 0 Å². The first kappa shape index (κ1) is 34.6. The third-order valence-corrected chi connectivity index (χ3v) is 18.6. The van der Waals surface area contributed by atoms with Gasteiger partial charge in [0, 0.05) is 38.3 Å². The van der Waals surface area contributed by atoms with Crippen LogP contribution in [0.25, 0.3) is 113 Å². The molecule has 6 aromatic carbocycles. The Morgan fingerprint density at radius 3 is 0.931 bits per heavy atom. The molecule has 0 radical (unpaired) electrons. The van der Waals surface area contributed by atoms with Crippen molar-refractivity contribution in [1.82, 2.24) is 0 Å². The first-order valence-corrected chi connectivity index (χ1v) is 24.0. The monoisotopic (exact) mass is 846 g/mol. The first-order valence-electron chi connectivity index (χ1n) is 19.1. The van der Waals surface area contributed by atoms with Gasteiger partial charge in [-0.3, -0.25) is 0 Å². The number of hydrogen-bond acceptors (Lipinski definition) is 6. The van der Waals surface area contributed by atoms with Gasteiger partial charge in [-0.2, -0.15) is 0 Å². The van der Waals surface area contributed by atoms with E-state index in [9.17, 15) is 0 Å².